The lowest BCUT2D eigenvalue weighted by atomic mass is 9.61. The van der Waals surface area contributed by atoms with E-state index >= 15 is 0 Å². The molecule has 4 atom stereocenters. The number of carbonyl (C=O) groups excluding carboxylic acids is 3. The lowest BCUT2D eigenvalue weighted by Gasteiger charge is -2.44. The smallest absolute Gasteiger partial charge is 0.317 e. The van der Waals surface area contributed by atoms with Crippen molar-refractivity contribution in [1.82, 2.24) is 0 Å². The fraction of sp³-hybridized carbons (Fsp3) is 0.571. The monoisotopic (exact) mass is 421 g/mol. The highest BCUT2D eigenvalue weighted by Crippen LogP contribution is 2.47. The van der Waals surface area contributed by atoms with Gasteiger partial charge in [0.1, 0.15) is 5.92 Å². The van der Waals surface area contributed by atoms with E-state index in [-0.39, 0.29) is 5.69 Å². The van der Waals surface area contributed by atoms with Crippen LogP contribution in [0.15, 0.2) is 24.3 Å². The van der Waals surface area contributed by atoms with E-state index in [0.29, 0.717) is 5.56 Å². The molecule has 0 saturated heterocycles. The molecule has 9 nitrogen and oxygen atoms in total. The van der Waals surface area contributed by atoms with Crippen molar-refractivity contribution in [2.24, 2.45) is 11.8 Å². The molecule has 2 rings (SSSR count). The molecule has 1 aromatic carbocycles. The van der Waals surface area contributed by atoms with Crippen molar-refractivity contribution in [3.8, 4) is 0 Å². The first-order valence-corrected chi connectivity index (χ1v) is 9.75. The molecule has 1 aliphatic rings. The summed E-state index contributed by atoms with van der Waals surface area (Å²) in [6.45, 7) is 7.90. The van der Waals surface area contributed by atoms with Gasteiger partial charge in [0.05, 0.1) is 28.7 Å². The van der Waals surface area contributed by atoms with E-state index in [1.807, 2.05) is 0 Å². The molecule has 0 unspecified atom stereocenters. The van der Waals surface area contributed by atoms with Gasteiger partial charge in [-0.05, 0) is 40.2 Å². The Kier molecular flexibility index (Phi) is 6.97. The third-order valence-electron chi connectivity index (χ3n) is 4.97. The molecule has 1 aromatic rings. The Balaban J connectivity index is 2.62. The van der Waals surface area contributed by atoms with Crippen LogP contribution in [0.1, 0.15) is 52.5 Å². The van der Waals surface area contributed by atoms with Gasteiger partial charge in [0.25, 0.3) is 5.69 Å². The Morgan fingerprint density at radius 1 is 1.10 bits per heavy atom. The van der Waals surface area contributed by atoms with Crippen molar-refractivity contribution in [3.05, 3.63) is 39.9 Å². The molecule has 0 spiro atoms. The lowest BCUT2D eigenvalue weighted by molar-refractivity contribution is -0.384. The molecule has 0 bridgehead atoms. The summed E-state index contributed by atoms with van der Waals surface area (Å²) < 4.78 is 10.6. The van der Waals surface area contributed by atoms with Gasteiger partial charge in [-0.3, -0.25) is 24.5 Å². The maximum Gasteiger partial charge on any atom is 0.317 e. The molecule has 0 heterocycles. The number of ether oxygens (including phenoxy) is 2. The van der Waals surface area contributed by atoms with Crippen molar-refractivity contribution in [3.63, 3.8) is 0 Å². The first kappa shape index (κ1) is 23.5. The quantitative estimate of drug-likeness (QED) is 0.321. The molecule has 0 aromatic heterocycles. The minimum absolute atomic E-state index is 0.185. The number of benzene rings is 1. The molecule has 164 valence electrons. The molecule has 1 aliphatic carbocycles. The van der Waals surface area contributed by atoms with Gasteiger partial charge in [0, 0.05) is 24.5 Å². The van der Waals surface area contributed by atoms with E-state index in [4.69, 9.17) is 9.47 Å². The summed E-state index contributed by atoms with van der Waals surface area (Å²) in [5.74, 6) is -5.82. The average molecular weight is 421 g/mol. The van der Waals surface area contributed by atoms with Gasteiger partial charge in [-0.1, -0.05) is 12.1 Å². The predicted molar refractivity (Wildman–Crippen MR) is 106 cm³/mol. The zero-order chi connectivity index (χ0) is 22.8. The van der Waals surface area contributed by atoms with Crippen molar-refractivity contribution in [2.75, 3.05) is 0 Å². The molecule has 9 heteroatoms. The molecule has 1 fully saturated rings. The maximum absolute atomic E-state index is 12.9. The summed E-state index contributed by atoms with van der Waals surface area (Å²) in [7, 11) is 0. The van der Waals surface area contributed by atoms with Gasteiger partial charge in [0.15, 0.2) is 5.78 Å². The Hall–Kier alpha value is -2.81. The molecule has 0 aliphatic heterocycles. The number of ketones is 1. The summed E-state index contributed by atoms with van der Waals surface area (Å²) in [6.07, 6.45) is -1.40. The SMILES string of the molecule is CC(C)OC(=O)[C@@H]1C(=O)C[C@](C)(O)[C@H](C(=O)OC(C)C)[C@@H]1c1ccc([N+](=O)[O-])cc1. The molecular formula is C21H27NO8. The van der Waals surface area contributed by atoms with Crippen molar-refractivity contribution < 1.29 is 33.9 Å². The zero-order valence-corrected chi connectivity index (χ0v) is 17.7. The second kappa shape index (κ2) is 8.91. The third-order valence-corrected chi connectivity index (χ3v) is 4.97. The van der Waals surface area contributed by atoms with E-state index in [9.17, 15) is 29.6 Å². The number of Topliss-reactive ketones (excluding diaryl/α,β-unsaturated/α-hetero) is 1. The van der Waals surface area contributed by atoms with Crippen LogP contribution in [0.2, 0.25) is 0 Å². The number of carbonyl (C=O) groups is 3. The van der Waals surface area contributed by atoms with Crippen LogP contribution in [0.5, 0.6) is 0 Å². The summed E-state index contributed by atoms with van der Waals surface area (Å²) >= 11 is 0. The molecule has 30 heavy (non-hydrogen) atoms. The number of nitro benzene ring substituents is 1. The van der Waals surface area contributed by atoms with Gasteiger partial charge in [0.2, 0.25) is 0 Å². The second-order valence-electron chi connectivity index (χ2n) is 8.30. The Bertz CT molecular complexity index is 820. The number of nitro groups is 1. The number of nitrogens with zero attached hydrogens (tertiary/aromatic N) is 1. The number of hydrogen-bond acceptors (Lipinski definition) is 8. The number of rotatable bonds is 6. The zero-order valence-electron chi connectivity index (χ0n) is 17.7. The summed E-state index contributed by atoms with van der Waals surface area (Å²) in [4.78, 5) is 49.0. The van der Waals surface area contributed by atoms with Crippen LogP contribution in [-0.2, 0) is 23.9 Å². The first-order valence-electron chi connectivity index (χ1n) is 9.75. The van der Waals surface area contributed by atoms with Crippen molar-refractivity contribution in [2.45, 2.75) is 64.8 Å². The molecule has 0 amide bonds. The van der Waals surface area contributed by atoms with Gasteiger partial charge in [-0.2, -0.15) is 0 Å². The highest BCUT2D eigenvalue weighted by atomic mass is 16.6. The summed E-state index contributed by atoms with van der Waals surface area (Å²) in [5, 5.41) is 22.0. The molecular weight excluding hydrogens is 394 g/mol. The first-order chi connectivity index (χ1) is 13.8. The molecule has 1 saturated carbocycles. The lowest BCUT2D eigenvalue weighted by Crippen LogP contribution is -2.55. The van der Waals surface area contributed by atoms with Crippen LogP contribution in [0, 0.1) is 22.0 Å². The van der Waals surface area contributed by atoms with E-state index < -0.39 is 64.6 Å². The Morgan fingerprint density at radius 2 is 1.60 bits per heavy atom. The van der Waals surface area contributed by atoms with Gasteiger partial charge in [-0.15, -0.1) is 0 Å². The normalized spacial score (nSPS) is 26.5. The highest BCUT2D eigenvalue weighted by Gasteiger charge is 2.57. The van der Waals surface area contributed by atoms with Crippen LogP contribution in [0.4, 0.5) is 5.69 Å². The minimum atomic E-state index is -1.77. The van der Waals surface area contributed by atoms with Crippen LogP contribution in [0.3, 0.4) is 0 Å². The van der Waals surface area contributed by atoms with Gasteiger partial charge in [-0.25, -0.2) is 0 Å². The molecule has 0 radical (unpaired) electrons. The van der Waals surface area contributed by atoms with E-state index in [0.717, 1.165) is 0 Å². The van der Waals surface area contributed by atoms with Crippen LogP contribution >= 0.6 is 0 Å². The van der Waals surface area contributed by atoms with Gasteiger partial charge >= 0.3 is 11.9 Å². The van der Waals surface area contributed by atoms with Crippen LogP contribution < -0.4 is 0 Å². The number of hydrogen-bond donors (Lipinski definition) is 1. The topological polar surface area (TPSA) is 133 Å². The van der Waals surface area contributed by atoms with Gasteiger partial charge < -0.3 is 14.6 Å². The average Bonchev–Trinajstić information content (AvgIpc) is 2.58. The fourth-order valence-electron chi connectivity index (χ4n) is 3.85. The number of esters is 2. The van der Waals surface area contributed by atoms with Crippen LogP contribution in [-0.4, -0.2) is 45.6 Å². The highest BCUT2D eigenvalue weighted by molar-refractivity contribution is 6.02. The standard InChI is InChI=1S/C21H27NO8/c1-11(2)29-19(24)17-15(23)10-21(5,26)18(20(25)30-12(3)4)16(17)13-6-8-14(9-7-13)22(27)28/h6-9,11-12,16-18,26H,10H2,1-5H3/t16-,17-,18+,21+/m1/s1. The fourth-order valence-corrected chi connectivity index (χ4v) is 3.85. The maximum atomic E-state index is 12.9. The Labute approximate surface area is 174 Å². The summed E-state index contributed by atoms with van der Waals surface area (Å²) in [5.41, 5.74) is -1.63. The number of aliphatic hydroxyl groups is 1. The van der Waals surface area contributed by atoms with E-state index in [1.54, 1.807) is 27.7 Å². The van der Waals surface area contributed by atoms with E-state index in [1.165, 1.54) is 31.2 Å². The largest absolute Gasteiger partial charge is 0.463 e. The Morgan fingerprint density at radius 3 is 2.07 bits per heavy atom. The number of non-ortho nitro benzene ring substituents is 1. The molecule has 1 N–H and O–H groups in total. The second-order valence-corrected chi connectivity index (χ2v) is 8.30. The van der Waals surface area contributed by atoms with Crippen molar-refractivity contribution in [1.29, 1.82) is 0 Å². The third kappa shape index (κ3) is 5.02. The predicted octanol–water partition coefficient (Wildman–Crippen LogP) is 2.54. The van der Waals surface area contributed by atoms with E-state index in [2.05, 4.69) is 0 Å². The van der Waals surface area contributed by atoms with Crippen molar-refractivity contribution >= 4 is 23.4 Å². The minimum Gasteiger partial charge on any atom is -0.463 e. The summed E-state index contributed by atoms with van der Waals surface area (Å²) in [6, 6.07) is 5.20. The van der Waals surface area contributed by atoms with Crippen LogP contribution in [0.25, 0.3) is 0 Å².